The minimum atomic E-state index is -0.367. The molecule has 0 aliphatic rings. The van der Waals surface area contributed by atoms with Gasteiger partial charge in [0, 0.05) is 21.3 Å². The number of carbonyl (C=O) groups excluding carboxylic acids is 1. The summed E-state index contributed by atoms with van der Waals surface area (Å²) in [5.74, 6) is -0.0298. The number of hydrogen-bond donors (Lipinski definition) is 2. The molecule has 0 spiro atoms. The summed E-state index contributed by atoms with van der Waals surface area (Å²) in [4.78, 5) is 12.2. The number of benzene rings is 2. The largest absolute Gasteiger partial charge is 0.332 e. The van der Waals surface area contributed by atoms with Gasteiger partial charge in [-0.25, -0.2) is 0 Å². The Morgan fingerprint density at radius 1 is 1.09 bits per heavy atom. The summed E-state index contributed by atoms with van der Waals surface area (Å²) in [6, 6.07) is 12.5. The molecular formula is C17H16Cl2N2OS. The Balaban J connectivity index is 2.09. The fourth-order valence-electron chi connectivity index (χ4n) is 2.13. The van der Waals surface area contributed by atoms with Crippen molar-refractivity contribution in [3.05, 3.63) is 63.6 Å². The smallest absolute Gasteiger partial charge is 0.257 e. The van der Waals surface area contributed by atoms with Gasteiger partial charge in [-0.2, -0.15) is 0 Å². The Morgan fingerprint density at radius 2 is 1.70 bits per heavy atom. The van der Waals surface area contributed by atoms with Gasteiger partial charge in [-0.05, 0) is 48.0 Å². The molecule has 23 heavy (non-hydrogen) atoms. The van der Waals surface area contributed by atoms with E-state index in [1.807, 2.05) is 24.3 Å². The third kappa shape index (κ3) is 4.93. The molecule has 2 rings (SSSR count). The standard InChI is InChI=1S/C17H16Cl2N2OS/c1-10(2)14-5-3-4-6-15(14)20-17(23)21-16(22)11-7-12(18)9-13(19)8-11/h3-10H,1-2H3,(H2,20,21,22,23). The predicted molar refractivity (Wildman–Crippen MR) is 101 cm³/mol. The van der Waals surface area contributed by atoms with Crippen molar-refractivity contribution in [1.82, 2.24) is 5.32 Å². The van der Waals surface area contributed by atoms with E-state index in [2.05, 4.69) is 24.5 Å². The zero-order valence-electron chi connectivity index (χ0n) is 12.7. The number of nitrogens with one attached hydrogen (secondary N) is 2. The van der Waals surface area contributed by atoms with Crippen molar-refractivity contribution in [2.24, 2.45) is 0 Å². The molecule has 0 atom stereocenters. The van der Waals surface area contributed by atoms with Crippen LogP contribution in [0.25, 0.3) is 0 Å². The van der Waals surface area contributed by atoms with Gasteiger partial charge >= 0.3 is 0 Å². The van der Waals surface area contributed by atoms with Crippen molar-refractivity contribution < 1.29 is 4.79 Å². The maximum absolute atomic E-state index is 12.2. The average Bonchev–Trinajstić information content (AvgIpc) is 2.46. The van der Waals surface area contributed by atoms with Gasteiger partial charge in [0.1, 0.15) is 0 Å². The van der Waals surface area contributed by atoms with Crippen LogP contribution >= 0.6 is 35.4 Å². The van der Waals surface area contributed by atoms with Gasteiger partial charge in [0.15, 0.2) is 5.11 Å². The van der Waals surface area contributed by atoms with Gasteiger partial charge < -0.3 is 5.32 Å². The van der Waals surface area contributed by atoms with E-state index >= 15 is 0 Å². The molecule has 0 bridgehead atoms. The minimum absolute atomic E-state index is 0.221. The second-order valence-electron chi connectivity index (χ2n) is 5.31. The van der Waals surface area contributed by atoms with E-state index in [1.54, 1.807) is 6.07 Å². The molecule has 0 aromatic heterocycles. The lowest BCUT2D eigenvalue weighted by Gasteiger charge is -2.15. The van der Waals surface area contributed by atoms with Crippen LogP contribution < -0.4 is 10.6 Å². The highest BCUT2D eigenvalue weighted by molar-refractivity contribution is 7.80. The summed E-state index contributed by atoms with van der Waals surface area (Å²) in [6.45, 7) is 4.19. The monoisotopic (exact) mass is 366 g/mol. The molecule has 0 unspecified atom stereocenters. The molecule has 6 heteroatoms. The Hall–Kier alpha value is -1.62. The van der Waals surface area contributed by atoms with E-state index in [0.29, 0.717) is 21.5 Å². The molecule has 120 valence electrons. The molecule has 2 aromatic carbocycles. The van der Waals surface area contributed by atoms with E-state index < -0.39 is 0 Å². The highest BCUT2D eigenvalue weighted by Gasteiger charge is 2.12. The summed E-state index contributed by atoms with van der Waals surface area (Å²) >= 11 is 17.0. The zero-order valence-corrected chi connectivity index (χ0v) is 15.0. The normalized spacial score (nSPS) is 10.5. The zero-order chi connectivity index (χ0) is 17.0. The van der Waals surface area contributed by atoms with Crippen molar-refractivity contribution >= 4 is 52.1 Å². The van der Waals surface area contributed by atoms with E-state index in [1.165, 1.54) is 12.1 Å². The minimum Gasteiger partial charge on any atom is -0.332 e. The van der Waals surface area contributed by atoms with Crippen molar-refractivity contribution in [1.29, 1.82) is 0 Å². The van der Waals surface area contributed by atoms with E-state index in [-0.39, 0.29) is 11.0 Å². The lowest BCUT2D eigenvalue weighted by atomic mass is 10.0. The SMILES string of the molecule is CC(C)c1ccccc1NC(=S)NC(=O)c1cc(Cl)cc(Cl)c1. The number of amides is 1. The third-order valence-corrected chi connectivity index (χ3v) is 3.82. The molecule has 0 radical (unpaired) electrons. The fraction of sp³-hybridized carbons (Fsp3) is 0.176. The van der Waals surface area contributed by atoms with Crippen LogP contribution in [0.3, 0.4) is 0 Å². The average molecular weight is 367 g/mol. The van der Waals surface area contributed by atoms with Gasteiger partial charge in [0.25, 0.3) is 5.91 Å². The van der Waals surface area contributed by atoms with Crippen molar-refractivity contribution in [3.63, 3.8) is 0 Å². The maximum atomic E-state index is 12.2. The van der Waals surface area contributed by atoms with Gasteiger partial charge in [0.2, 0.25) is 0 Å². The molecule has 1 amide bonds. The number of thiocarbonyl (C=S) groups is 1. The van der Waals surface area contributed by atoms with E-state index in [0.717, 1.165) is 11.3 Å². The Bertz CT molecular complexity index is 727. The van der Waals surface area contributed by atoms with Crippen molar-refractivity contribution in [2.75, 3.05) is 5.32 Å². The second-order valence-corrected chi connectivity index (χ2v) is 6.59. The highest BCUT2D eigenvalue weighted by Crippen LogP contribution is 2.23. The van der Waals surface area contributed by atoms with Gasteiger partial charge in [-0.3, -0.25) is 10.1 Å². The van der Waals surface area contributed by atoms with E-state index in [9.17, 15) is 4.79 Å². The Morgan fingerprint density at radius 3 is 2.30 bits per heavy atom. The van der Waals surface area contributed by atoms with Crippen LogP contribution in [0.2, 0.25) is 10.0 Å². The first-order valence-corrected chi connectivity index (χ1v) is 8.20. The topological polar surface area (TPSA) is 41.1 Å². The van der Waals surface area contributed by atoms with Crippen LogP contribution in [0.5, 0.6) is 0 Å². The van der Waals surface area contributed by atoms with Crippen LogP contribution in [0, 0.1) is 0 Å². The van der Waals surface area contributed by atoms with Gasteiger partial charge in [-0.15, -0.1) is 0 Å². The van der Waals surface area contributed by atoms with Crippen LogP contribution in [-0.4, -0.2) is 11.0 Å². The summed E-state index contributed by atoms with van der Waals surface area (Å²) < 4.78 is 0. The molecule has 3 nitrogen and oxygen atoms in total. The number of para-hydroxylation sites is 1. The van der Waals surface area contributed by atoms with E-state index in [4.69, 9.17) is 35.4 Å². The molecule has 0 heterocycles. The molecule has 2 aromatic rings. The molecule has 0 fully saturated rings. The molecule has 0 aliphatic heterocycles. The van der Waals surface area contributed by atoms with Crippen molar-refractivity contribution in [2.45, 2.75) is 19.8 Å². The second kappa shape index (κ2) is 7.77. The van der Waals surface area contributed by atoms with Crippen molar-refractivity contribution in [3.8, 4) is 0 Å². The Kier molecular flexibility index (Phi) is 5.99. The molecule has 0 saturated heterocycles. The fourth-order valence-corrected chi connectivity index (χ4v) is 2.86. The first kappa shape index (κ1) is 17.7. The third-order valence-electron chi connectivity index (χ3n) is 3.18. The number of rotatable bonds is 3. The van der Waals surface area contributed by atoms with Crippen LogP contribution in [-0.2, 0) is 0 Å². The molecule has 2 N–H and O–H groups in total. The lowest BCUT2D eigenvalue weighted by Crippen LogP contribution is -2.34. The summed E-state index contributed by atoms with van der Waals surface area (Å²) in [5.41, 5.74) is 2.34. The molecule has 0 saturated carbocycles. The number of hydrogen-bond acceptors (Lipinski definition) is 2. The predicted octanol–water partition coefficient (Wildman–Crippen LogP) is 5.24. The van der Waals surface area contributed by atoms with Crippen LogP contribution in [0.15, 0.2) is 42.5 Å². The van der Waals surface area contributed by atoms with Crippen LogP contribution in [0.4, 0.5) is 5.69 Å². The molecule has 0 aliphatic carbocycles. The van der Waals surface area contributed by atoms with Gasteiger partial charge in [-0.1, -0.05) is 55.2 Å². The molecular weight excluding hydrogens is 351 g/mol. The maximum Gasteiger partial charge on any atom is 0.257 e. The number of anilines is 1. The highest BCUT2D eigenvalue weighted by atomic mass is 35.5. The first-order chi connectivity index (χ1) is 10.9. The summed E-state index contributed by atoms with van der Waals surface area (Å²) in [6.07, 6.45) is 0. The first-order valence-electron chi connectivity index (χ1n) is 7.04. The lowest BCUT2D eigenvalue weighted by molar-refractivity contribution is 0.0977. The summed E-state index contributed by atoms with van der Waals surface area (Å²) in [7, 11) is 0. The number of carbonyl (C=O) groups is 1. The van der Waals surface area contributed by atoms with Crippen LogP contribution in [0.1, 0.15) is 35.7 Å². The quantitative estimate of drug-likeness (QED) is 0.729. The number of halogens is 2. The Labute approximate surface area is 151 Å². The van der Waals surface area contributed by atoms with Gasteiger partial charge in [0.05, 0.1) is 0 Å². The summed E-state index contributed by atoms with van der Waals surface area (Å²) in [5, 5.41) is 6.70.